The minimum atomic E-state index is -3.49. The molecule has 5 heteroatoms. The van der Waals surface area contributed by atoms with Crippen LogP contribution in [0.25, 0.3) is 0 Å². The van der Waals surface area contributed by atoms with Crippen LogP contribution in [-0.2, 0) is 10.0 Å². The van der Waals surface area contributed by atoms with Crippen LogP contribution >= 0.6 is 0 Å². The second-order valence-corrected chi connectivity index (χ2v) is 6.17. The molecule has 0 fully saturated rings. The molecule has 0 aliphatic carbocycles. The van der Waals surface area contributed by atoms with Crippen LogP contribution in [0, 0.1) is 6.92 Å². The van der Waals surface area contributed by atoms with Crippen LogP contribution in [-0.4, -0.2) is 21.3 Å². The second kappa shape index (κ2) is 5.10. The van der Waals surface area contributed by atoms with E-state index in [1.807, 2.05) is 17.9 Å². The Balaban J connectivity index is 2.34. The molecule has 0 saturated carbocycles. The summed E-state index contributed by atoms with van der Waals surface area (Å²) in [4.78, 5) is 2.24. The van der Waals surface area contributed by atoms with E-state index >= 15 is 0 Å². The first-order valence-electron chi connectivity index (χ1n) is 6.22. The number of sulfonamides is 1. The third kappa shape index (κ3) is 2.56. The van der Waals surface area contributed by atoms with Gasteiger partial charge in [0.05, 0.1) is 5.69 Å². The molecule has 0 aromatic heterocycles. The molecule has 98 valence electrons. The number of unbranched alkanes of at least 4 members (excludes halogenated alkanes) is 2. The monoisotopic (exact) mass is 266 g/mol. The number of fused-ring (bicyclic) bond motifs is 1. The number of nitrogens with zero attached hydrogens (tertiary/aromatic N) is 2. The van der Waals surface area contributed by atoms with Gasteiger partial charge in [-0.15, -0.1) is 4.40 Å². The molecule has 0 saturated heterocycles. The Morgan fingerprint density at radius 1 is 1.28 bits per heavy atom. The number of hydrogen-bond donors (Lipinski definition) is 0. The van der Waals surface area contributed by atoms with Gasteiger partial charge in [0.15, 0.2) is 0 Å². The summed E-state index contributed by atoms with van der Waals surface area (Å²) in [6.45, 7) is 4.92. The van der Waals surface area contributed by atoms with Crippen molar-refractivity contribution < 1.29 is 8.42 Å². The maximum atomic E-state index is 11.8. The highest BCUT2D eigenvalue weighted by Gasteiger charge is 2.24. The van der Waals surface area contributed by atoms with E-state index in [2.05, 4.69) is 11.3 Å². The quantitative estimate of drug-likeness (QED) is 0.787. The summed E-state index contributed by atoms with van der Waals surface area (Å²) in [6, 6.07) is 5.36. The van der Waals surface area contributed by atoms with Crippen molar-refractivity contribution in [1.29, 1.82) is 0 Å². The normalized spacial score (nSPS) is 16.7. The van der Waals surface area contributed by atoms with Gasteiger partial charge in [0.25, 0.3) is 10.0 Å². The third-order valence-corrected chi connectivity index (χ3v) is 4.30. The van der Waals surface area contributed by atoms with Gasteiger partial charge in [-0.25, -0.2) is 0 Å². The molecule has 0 amide bonds. The largest absolute Gasteiger partial charge is 0.331 e. The molecule has 1 aliphatic rings. The molecule has 4 nitrogen and oxygen atoms in total. The third-order valence-electron chi connectivity index (χ3n) is 3.03. The van der Waals surface area contributed by atoms with Gasteiger partial charge in [0.2, 0.25) is 0 Å². The molecule has 0 radical (unpaired) electrons. The first-order chi connectivity index (χ1) is 8.54. The summed E-state index contributed by atoms with van der Waals surface area (Å²) in [5.74, 6) is 0. The lowest BCUT2D eigenvalue weighted by molar-refractivity contribution is 0.596. The van der Waals surface area contributed by atoms with E-state index in [1.165, 1.54) is 6.34 Å². The van der Waals surface area contributed by atoms with Crippen molar-refractivity contribution >= 4 is 22.0 Å². The lowest BCUT2D eigenvalue weighted by Crippen LogP contribution is -2.28. The smallest absolute Gasteiger partial charge is 0.285 e. The van der Waals surface area contributed by atoms with E-state index in [9.17, 15) is 8.42 Å². The fourth-order valence-electron chi connectivity index (χ4n) is 2.02. The summed E-state index contributed by atoms with van der Waals surface area (Å²) in [6.07, 6.45) is 4.75. The summed E-state index contributed by atoms with van der Waals surface area (Å²) in [5.41, 5.74) is 1.81. The number of anilines is 1. The van der Waals surface area contributed by atoms with Crippen LogP contribution in [0.5, 0.6) is 0 Å². The highest BCUT2D eigenvalue weighted by Crippen LogP contribution is 2.30. The maximum Gasteiger partial charge on any atom is 0.285 e. The summed E-state index contributed by atoms with van der Waals surface area (Å²) in [5, 5.41) is 0. The first kappa shape index (κ1) is 13.1. The highest BCUT2D eigenvalue weighted by atomic mass is 32.2. The minimum Gasteiger partial charge on any atom is -0.331 e. The molecule has 0 unspecified atom stereocenters. The Morgan fingerprint density at radius 2 is 2.06 bits per heavy atom. The van der Waals surface area contributed by atoms with Gasteiger partial charge in [0.1, 0.15) is 11.2 Å². The van der Waals surface area contributed by atoms with E-state index in [1.54, 1.807) is 12.1 Å². The predicted molar refractivity (Wildman–Crippen MR) is 73.7 cm³/mol. The van der Waals surface area contributed by atoms with Crippen molar-refractivity contribution in [3.05, 3.63) is 23.8 Å². The van der Waals surface area contributed by atoms with Gasteiger partial charge in [-0.05, 0) is 31.0 Å². The summed E-state index contributed by atoms with van der Waals surface area (Å²) >= 11 is 0. The molecular weight excluding hydrogens is 248 g/mol. The SMILES string of the molecule is CCCCCN1C=NS(=O)(=O)c2ccc(C)cc21. The van der Waals surface area contributed by atoms with Gasteiger partial charge in [-0.3, -0.25) is 0 Å². The molecule has 1 heterocycles. The van der Waals surface area contributed by atoms with E-state index in [-0.39, 0.29) is 0 Å². The molecule has 1 aromatic rings. The van der Waals surface area contributed by atoms with Crippen molar-refractivity contribution in [2.75, 3.05) is 11.4 Å². The van der Waals surface area contributed by atoms with Crippen LogP contribution in [0.4, 0.5) is 5.69 Å². The average Bonchev–Trinajstić information content (AvgIpc) is 2.32. The zero-order valence-electron chi connectivity index (χ0n) is 10.8. The minimum absolute atomic E-state index is 0.312. The summed E-state index contributed by atoms with van der Waals surface area (Å²) in [7, 11) is -3.49. The van der Waals surface area contributed by atoms with Gasteiger partial charge < -0.3 is 4.90 Å². The van der Waals surface area contributed by atoms with Crippen LogP contribution in [0.3, 0.4) is 0 Å². The zero-order chi connectivity index (χ0) is 13.2. The second-order valence-electron chi connectivity index (χ2n) is 4.57. The van der Waals surface area contributed by atoms with Gasteiger partial charge in [-0.1, -0.05) is 25.8 Å². The maximum absolute atomic E-state index is 11.8. The molecule has 0 spiro atoms. The average molecular weight is 266 g/mol. The summed E-state index contributed by atoms with van der Waals surface area (Å²) < 4.78 is 27.3. The van der Waals surface area contributed by atoms with Crippen LogP contribution in [0.1, 0.15) is 31.7 Å². The predicted octanol–water partition coefficient (Wildman–Crippen LogP) is 2.72. The lowest BCUT2D eigenvalue weighted by atomic mass is 10.2. The number of aryl methyl sites for hydroxylation is 1. The lowest BCUT2D eigenvalue weighted by Gasteiger charge is -2.25. The molecule has 0 bridgehead atoms. The molecule has 1 aromatic carbocycles. The van der Waals surface area contributed by atoms with E-state index < -0.39 is 10.0 Å². The van der Waals surface area contributed by atoms with Crippen molar-refractivity contribution in [2.24, 2.45) is 4.40 Å². The Morgan fingerprint density at radius 3 is 2.78 bits per heavy atom. The van der Waals surface area contributed by atoms with Crippen molar-refractivity contribution in [2.45, 2.75) is 38.0 Å². The fourth-order valence-corrected chi connectivity index (χ4v) is 3.05. The Kier molecular flexibility index (Phi) is 3.71. The van der Waals surface area contributed by atoms with Crippen LogP contribution in [0.15, 0.2) is 27.5 Å². The molecule has 0 atom stereocenters. The zero-order valence-corrected chi connectivity index (χ0v) is 11.6. The van der Waals surface area contributed by atoms with Gasteiger partial charge in [0, 0.05) is 6.54 Å². The molecule has 0 N–H and O–H groups in total. The highest BCUT2D eigenvalue weighted by molar-refractivity contribution is 7.90. The number of hydrogen-bond acceptors (Lipinski definition) is 3. The van der Waals surface area contributed by atoms with Crippen molar-refractivity contribution in [1.82, 2.24) is 0 Å². The number of benzene rings is 1. The van der Waals surface area contributed by atoms with Crippen LogP contribution < -0.4 is 4.90 Å². The van der Waals surface area contributed by atoms with E-state index in [0.29, 0.717) is 4.90 Å². The molecule has 18 heavy (non-hydrogen) atoms. The fraction of sp³-hybridized carbons (Fsp3) is 0.462. The standard InChI is InChI=1S/C13H18N2O2S/c1-3-4-5-8-15-10-14-18(16,17)13-7-6-11(2)9-12(13)15/h6-7,9-10H,3-5,8H2,1-2H3. The number of rotatable bonds is 4. The Labute approximate surface area is 108 Å². The molecular formula is C13H18N2O2S. The van der Waals surface area contributed by atoms with Crippen molar-refractivity contribution in [3.63, 3.8) is 0 Å². The van der Waals surface area contributed by atoms with E-state index in [0.717, 1.165) is 37.1 Å². The first-order valence-corrected chi connectivity index (χ1v) is 7.66. The van der Waals surface area contributed by atoms with E-state index in [4.69, 9.17) is 0 Å². The van der Waals surface area contributed by atoms with Gasteiger partial charge >= 0.3 is 0 Å². The Bertz CT molecular complexity index is 564. The van der Waals surface area contributed by atoms with Crippen molar-refractivity contribution in [3.8, 4) is 0 Å². The molecule has 2 rings (SSSR count). The molecule has 1 aliphatic heterocycles. The Hall–Kier alpha value is -1.36. The van der Waals surface area contributed by atoms with Crippen LogP contribution in [0.2, 0.25) is 0 Å². The van der Waals surface area contributed by atoms with Gasteiger partial charge in [-0.2, -0.15) is 8.42 Å². The topological polar surface area (TPSA) is 49.7 Å².